The van der Waals surface area contributed by atoms with E-state index in [1.165, 1.54) is 0 Å². The van der Waals surface area contributed by atoms with E-state index in [0.29, 0.717) is 12.0 Å². The first kappa shape index (κ1) is 14.8. The number of hydrogen-bond donors (Lipinski definition) is 2. The minimum absolute atomic E-state index is 0.359. The highest BCUT2D eigenvalue weighted by Crippen LogP contribution is 2.19. The highest BCUT2D eigenvalue weighted by molar-refractivity contribution is 9.10. The number of benzene rings is 1. The molecule has 1 atom stereocenters. The van der Waals surface area contributed by atoms with Gasteiger partial charge in [-0.25, -0.2) is 4.98 Å². The Morgan fingerprint density at radius 3 is 2.55 bits per heavy atom. The highest BCUT2D eigenvalue weighted by Gasteiger charge is 2.05. The van der Waals surface area contributed by atoms with Crippen LogP contribution in [0.3, 0.4) is 0 Å². The standard InChI is InChI=1S/C15H19BrN4/c1-4-10(2)17-15-18-11(3)9-14(20-15)19-13-7-5-12(16)6-8-13/h5-10H,4H2,1-3H3,(H2,17,18,19,20). The summed E-state index contributed by atoms with van der Waals surface area (Å²) in [6, 6.07) is 10.3. The summed E-state index contributed by atoms with van der Waals surface area (Å²) >= 11 is 3.43. The molecule has 0 aliphatic rings. The number of nitrogens with one attached hydrogen (secondary N) is 2. The summed E-state index contributed by atoms with van der Waals surface area (Å²) < 4.78 is 1.06. The number of aryl methyl sites for hydroxylation is 1. The number of rotatable bonds is 5. The molecule has 4 nitrogen and oxygen atoms in total. The van der Waals surface area contributed by atoms with Gasteiger partial charge in [-0.15, -0.1) is 0 Å². The summed E-state index contributed by atoms with van der Waals surface area (Å²) in [6.07, 6.45) is 1.03. The van der Waals surface area contributed by atoms with Gasteiger partial charge in [0.25, 0.3) is 0 Å². The number of hydrogen-bond acceptors (Lipinski definition) is 4. The molecule has 2 N–H and O–H groups in total. The molecule has 1 aromatic carbocycles. The molecule has 5 heteroatoms. The second-order valence-electron chi connectivity index (χ2n) is 4.80. The third-order valence-corrected chi connectivity index (χ3v) is 3.49. The second kappa shape index (κ2) is 6.70. The lowest BCUT2D eigenvalue weighted by Crippen LogP contribution is -2.16. The average Bonchev–Trinajstić information content (AvgIpc) is 2.40. The lowest BCUT2D eigenvalue weighted by atomic mass is 10.3. The Balaban J connectivity index is 2.17. The molecule has 0 fully saturated rings. The molecule has 1 aromatic heterocycles. The first-order chi connectivity index (χ1) is 9.56. The Kier molecular flexibility index (Phi) is 4.95. The molecule has 1 heterocycles. The van der Waals surface area contributed by atoms with Crippen LogP contribution in [0.2, 0.25) is 0 Å². The lowest BCUT2D eigenvalue weighted by Gasteiger charge is -2.13. The molecule has 2 rings (SSSR count). The van der Waals surface area contributed by atoms with Gasteiger partial charge >= 0.3 is 0 Å². The minimum atomic E-state index is 0.359. The van der Waals surface area contributed by atoms with E-state index < -0.39 is 0 Å². The van der Waals surface area contributed by atoms with E-state index in [-0.39, 0.29) is 0 Å². The molecule has 0 aliphatic heterocycles. The molecule has 0 amide bonds. The number of halogens is 1. The van der Waals surface area contributed by atoms with E-state index in [1.54, 1.807) is 0 Å². The fraction of sp³-hybridized carbons (Fsp3) is 0.333. The Hall–Kier alpha value is -1.62. The van der Waals surface area contributed by atoms with E-state index in [9.17, 15) is 0 Å². The fourth-order valence-corrected chi connectivity index (χ4v) is 1.97. The van der Waals surface area contributed by atoms with Gasteiger partial charge in [0.05, 0.1) is 0 Å². The van der Waals surface area contributed by atoms with Crippen molar-refractivity contribution in [1.82, 2.24) is 9.97 Å². The first-order valence-electron chi connectivity index (χ1n) is 6.71. The molecule has 1 unspecified atom stereocenters. The number of aromatic nitrogens is 2. The van der Waals surface area contributed by atoms with Gasteiger partial charge in [-0.3, -0.25) is 0 Å². The predicted molar refractivity (Wildman–Crippen MR) is 87.6 cm³/mol. The van der Waals surface area contributed by atoms with E-state index >= 15 is 0 Å². The maximum atomic E-state index is 4.49. The monoisotopic (exact) mass is 334 g/mol. The zero-order valence-electron chi connectivity index (χ0n) is 11.9. The smallest absolute Gasteiger partial charge is 0.225 e. The van der Waals surface area contributed by atoms with Crippen LogP contribution in [0.1, 0.15) is 26.0 Å². The van der Waals surface area contributed by atoms with E-state index in [0.717, 1.165) is 28.1 Å². The SMILES string of the molecule is CCC(C)Nc1nc(C)cc(Nc2ccc(Br)cc2)n1. The van der Waals surface area contributed by atoms with Crippen molar-refractivity contribution >= 4 is 33.4 Å². The zero-order chi connectivity index (χ0) is 14.5. The van der Waals surface area contributed by atoms with Crippen LogP contribution in [-0.4, -0.2) is 16.0 Å². The van der Waals surface area contributed by atoms with Crippen molar-refractivity contribution in [3.63, 3.8) is 0 Å². The quantitative estimate of drug-likeness (QED) is 0.845. The van der Waals surface area contributed by atoms with Gasteiger partial charge in [0, 0.05) is 28.0 Å². The summed E-state index contributed by atoms with van der Waals surface area (Å²) in [5.74, 6) is 1.46. The van der Waals surface area contributed by atoms with Gasteiger partial charge in [0.1, 0.15) is 5.82 Å². The van der Waals surface area contributed by atoms with Crippen LogP contribution in [0.4, 0.5) is 17.5 Å². The van der Waals surface area contributed by atoms with Gasteiger partial charge in [0.2, 0.25) is 5.95 Å². The molecule has 0 saturated heterocycles. The summed E-state index contributed by atoms with van der Waals surface area (Å²) in [5, 5.41) is 6.59. The molecular formula is C15H19BrN4. The highest BCUT2D eigenvalue weighted by atomic mass is 79.9. The van der Waals surface area contributed by atoms with E-state index in [1.807, 2.05) is 37.3 Å². The van der Waals surface area contributed by atoms with Gasteiger partial charge < -0.3 is 10.6 Å². The van der Waals surface area contributed by atoms with Crippen LogP contribution in [0, 0.1) is 6.92 Å². The average molecular weight is 335 g/mol. The van der Waals surface area contributed by atoms with Crippen molar-refractivity contribution in [1.29, 1.82) is 0 Å². The largest absolute Gasteiger partial charge is 0.352 e. The molecule has 106 valence electrons. The first-order valence-corrected chi connectivity index (χ1v) is 7.51. The zero-order valence-corrected chi connectivity index (χ0v) is 13.5. The van der Waals surface area contributed by atoms with Gasteiger partial charge in [0.15, 0.2) is 0 Å². The topological polar surface area (TPSA) is 49.8 Å². The Labute approximate surface area is 128 Å². The molecule has 20 heavy (non-hydrogen) atoms. The normalized spacial score (nSPS) is 12.0. The van der Waals surface area contributed by atoms with Crippen LogP contribution in [0.25, 0.3) is 0 Å². The van der Waals surface area contributed by atoms with E-state index in [2.05, 4.69) is 50.4 Å². The number of anilines is 3. The molecule has 0 radical (unpaired) electrons. The maximum Gasteiger partial charge on any atom is 0.225 e. The van der Waals surface area contributed by atoms with Crippen molar-refractivity contribution in [3.05, 3.63) is 40.5 Å². The number of nitrogens with zero attached hydrogens (tertiary/aromatic N) is 2. The third-order valence-electron chi connectivity index (χ3n) is 2.96. The molecule has 0 saturated carbocycles. The third kappa shape index (κ3) is 4.20. The summed E-state index contributed by atoms with van der Waals surface area (Å²) in [5.41, 5.74) is 1.94. The molecule has 0 bridgehead atoms. The molecule has 2 aromatic rings. The Morgan fingerprint density at radius 2 is 1.90 bits per heavy atom. The fourth-order valence-electron chi connectivity index (χ4n) is 1.70. The van der Waals surface area contributed by atoms with Gasteiger partial charge in [-0.05, 0) is 44.5 Å². The molecule has 0 aliphatic carbocycles. The Bertz CT molecular complexity index is 569. The Morgan fingerprint density at radius 1 is 1.20 bits per heavy atom. The van der Waals surface area contributed by atoms with Crippen LogP contribution >= 0.6 is 15.9 Å². The summed E-state index contributed by atoms with van der Waals surface area (Å²) in [7, 11) is 0. The van der Waals surface area contributed by atoms with Crippen molar-refractivity contribution in [2.24, 2.45) is 0 Å². The molecule has 0 spiro atoms. The van der Waals surface area contributed by atoms with Crippen molar-refractivity contribution in [2.75, 3.05) is 10.6 Å². The van der Waals surface area contributed by atoms with Crippen LogP contribution in [0.15, 0.2) is 34.8 Å². The maximum absolute atomic E-state index is 4.49. The van der Waals surface area contributed by atoms with Crippen LogP contribution in [-0.2, 0) is 0 Å². The lowest BCUT2D eigenvalue weighted by molar-refractivity contribution is 0.752. The molecular weight excluding hydrogens is 316 g/mol. The van der Waals surface area contributed by atoms with E-state index in [4.69, 9.17) is 0 Å². The van der Waals surface area contributed by atoms with Crippen LogP contribution in [0.5, 0.6) is 0 Å². The van der Waals surface area contributed by atoms with Crippen molar-refractivity contribution in [3.8, 4) is 0 Å². The summed E-state index contributed by atoms with van der Waals surface area (Å²) in [4.78, 5) is 8.90. The summed E-state index contributed by atoms with van der Waals surface area (Å²) in [6.45, 7) is 6.22. The van der Waals surface area contributed by atoms with Crippen molar-refractivity contribution < 1.29 is 0 Å². The van der Waals surface area contributed by atoms with Gasteiger partial charge in [-0.1, -0.05) is 22.9 Å². The minimum Gasteiger partial charge on any atom is -0.352 e. The van der Waals surface area contributed by atoms with Crippen LogP contribution < -0.4 is 10.6 Å². The predicted octanol–water partition coefficient (Wildman–Crippen LogP) is 4.50. The van der Waals surface area contributed by atoms with Crippen molar-refractivity contribution in [2.45, 2.75) is 33.2 Å². The second-order valence-corrected chi connectivity index (χ2v) is 5.72. The van der Waals surface area contributed by atoms with Gasteiger partial charge in [-0.2, -0.15) is 4.98 Å².